The number of rotatable bonds is 4. The standard InChI is InChI=1S/C23H20NO4/c1-24-17-11-6-4-9-15(17)21(16-10-5-7-12-18(16)24)23(25)28-22-19(26-2)13-8-14-20(22)27-3/h4-14H,1-3H3/q+1. The zero-order valence-electron chi connectivity index (χ0n) is 15.9. The first-order valence-electron chi connectivity index (χ1n) is 8.88. The highest BCUT2D eigenvalue weighted by atomic mass is 16.6. The molecule has 0 N–H and O–H groups in total. The van der Waals surface area contributed by atoms with Gasteiger partial charge in [0.2, 0.25) is 16.8 Å². The van der Waals surface area contributed by atoms with Gasteiger partial charge in [0.05, 0.1) is 30.6 Å². The molecule has 140 valence electrons. The number of pyridine rings is 1. The molecule has 0 unspecified atom stereocenters. The van der Waals surface area contributed by atoms with Crippen LogP contribution in [0.2, 0.25) is 0 Å². The molecule has 0 radical (unpaired) electrons. The second kappa shape index (κ2) is 7.19. The number of nitrogens with zero attached hydrogens (tertiary/aromatic N) is 1. The molecule has 0 atom stereocenters. The molecule has 0 amide bonds. The van der Waals surface area contributed by atoms with Gasteiger partial charge in [-0.3, -0.25) is 0 Å². The highest BCUT2D eigenvalue weighted by Gasteiger charge is 2.25. The number of aromatic nitrogens is 1. The van der Waals surface area contributed by atoms with Crippen LogP contribution in [0.15, 0.2) is 66.7 Å². The fraction of sp³-hybridized carbons (Fsp3) is 0.130. The minimum atomic E-state index is -0.462. The molecule has 3 aromatic carbocycles. The maximum Gasteiger partial charge on any atom is 0.345 e. The van der Waals surface area contributed by atoms with E-state index in [4.69, 9.17) is 14.2 Å². The molecule has 28 heavy (non-hydrogen) atoms. The Morgan fingerprint density at radius 1 is 0.750 bits per heavy atom. The Morgan fingerprint density at radius 3 is 1.75 bits per heavy atom. The van der Waals surface area contributed by atoms with E-state index < -0.39 is 5.97 Å². The van der Waals surface area contributed by atoms with Gasteiger partial charge in [0.1, 0.15) is 7.05 Å². The van der Waals surface area contributed by atoms with Crippen LogP contribution >= 0.6 is 0 Å². The van der Waals surface area contributed by atoms with E-state index in [0.717, 1.165) is 21.8 Å². The van der Waals surface area contributed by atoms with Crippen LogP contribution in [-0.4, -0.2) is 20.2 Å². The summed E-state index contributed by atoms with van der Waals surface area (Å²) in [5.41, 5.74) is 2.40. The molecule has 1 aromatic heterocycles. The number of benzene rings is 3. The van der Waals surface area contributed by atoms with Crippen molar-refractivity contribution in [1.82, 2.24) is 0 Å². The van der Waals surface area contributed by atoms with E-state index in [2.05, 4.69) is 4.57 Å². The third kappa shape index (κ3) is 2.81. The van der Waals surface area contributed by atoms with Crippen LogP contribution in [0.1, 0.15) is 10.4 Å². The SMILES string of the molecule is COc1cccc(OC)c1OC(=O)c1c2ccccc2[n+](C)c2ccccc12. The molecule has 0 aliphatic heterocycles. The molecule has 5 heteroatoms. The molecule has 0 saturated carbocycles. The predicted octanol–water partition coefficient (Wildman–Crippen LogP) is 4.05. The molecule has 0 aliphatic carbocycles. The molecule has 0 saturated heterocycles. The number of ether oxygens (including phenoxy) is 3. The van der Waals surface area contributed by atoms with E-state index in [1.54, 1.807) is 18.2 Å². The van der Waals surface area contributed by atoms with Gasteiger partial charge in [0.15, 0.2) is 11.5 Å². The maximum absolute atomic E-state index is 13.3. The fourth-order valence-corrected chi connectivity index (χ4v) is 3.51. The number of fused-ring (bicyclic) bond motifs is 2. The molecule has 4 rings (SSSR count). The van der Waals surface area contributed by atoms with Crippen molar-refractivity contribution in [3.05, 3.63) is 72.3 Å². The third-order valence-electron chi connectivity index (χ3n) is 4.85. The van der Waals surface area contributed by atoms with Gasteiger partial charge in [0.25, 0.3) is 0 Å². The highest BCUT2D eigenvalue weighted by Crippen LogP contribution is 2.38. The van der Waals surface area contributed by atoms with E-state index in [1.807, 2.05) is 55.6 Å². The van der Waals surface area contributed by atoms with Gasteiger partial charge in [-0.2, -0.15) is 4.57 Å². The van der Waals surface area contributed by atoms with Crippen molar-refractivity contribution >= 4 is 27.8 Å². The summed E-state index contributed by atoms with van der Waals surface area (Å²) < 4.78 is 18.6. The first kappa shape index (κ1) is 17.8. The number of hydrogen-bond acceptors (Lipinski definition) is 4. The average molecular weight is 374 g/mol. The number of esters is 1. The largest absolute Gasteiger partial charge is 0.493 e. The topological polar surface area (TPSA) is 48.6 Å². The lowest BCUT2D eigenvalue weighted by molar-refractivity contribution is -0.617. The number of para-hydroxylation sites is 3. The smallest absolute Gasteiger partial charge is 0.345 e. The minimum Gasteiger partial charge on any atom is -0.493 e. The normalized spacial score (nSPS) is 10.8. The van der Waals surface area contributed by atoms with Crippen LogP contribution < -0.4 is 18.8 Å². The Balaban J connectivity index is 1.95. The summed E-state index contributed by atoms with van der Waals surface area (Å²) in [6, 6.07) is 20.8. The van der Waals surface area contributed by atoms with Gasteiger partial charge >= 0.3 is 5.97 Å². The van der Waals surface area contributed by atoms with Crippen LogP contribution in [0.5, 0.6) is 17.2 Å². The van der Waals surface area contributed by atoms with E-state index >= 15 is 0 Å². The Hall–Kier alpha value is -3.60. The quantitative estimate of drug-likeness (QED) is 0.234. The Bertz CT molecular complexity index is 1120. The van der Waals surface area contributed by atoms with Gasteiger partial charge < -0.3 is 14.2 Å². The summed E-state index contributed by atoms with van der Waals surface area (Å²) in [5, 5.41) is 1.64. The zero-order valence-corrected chi connectivity index (χ0v) is 15.9. The Labute approximate surface area is 162 Å². The number of methoxy groups -OCH3 is 2. The van der Waals surface area contributed by atoms with Crippen molar-refractivity contribution in [1.29, 1.82) is 0 Å². The maximum atomic E-state index is 13.3. The second-order valence-electron chi connectivity index (χ2n) is 6.35. The number of hydrogen-bond donors (Lipinski definition) is 0. The van der Waals surface area contributed by atoms with Crippen molar-refractivity contribution < 1.29 is 23.6 Å². The van der Waals surface area contributed by atoms with Crippen molar-refractivity contribution in [2.24, 2.45) is 7.05 Å². The van der Waals surface area contributed by atoms with Gasteiger partial charge in [0, 0.05) is 12.1 Å². The third-order valence-corrected chi connectivity index (χ3v) is 4.85. The molecular weight excluding hydrogens is 354 g/mol. The van der Waals surface area contributed by atoms with Gasteiger partial charge in [-0.1, -0.05) is 30.3 Å². The lowest BCUT2D eigenvalue weighted by atomic mass is 10.0. The van der Waals surface area contributed by atoms with Crippen LogP contribution in [0.3, 0.4) is 0 Å². The van der Waals surface area contributed by atoms with E-state index in [-0.39, 0.29) is 5.75 Å². The number of carbonyl (C=O) groups is 1. The van der Waals surface area contributed by atoms with Crippen molar-refractivity contribution in [3.63, 3.8) is 0 Å². The summed E-state index contributed by atoms with van der Waals surface area (Å²) in [6.45, 7) is 0. The van der Waals surface area contributed by atoms with Crippen molar-refractivity contribution in [2.45, 2.75) is 0 Å². The van der Waals surface area contributed by atoms with Gasteiger partial charge in [-0.05, 0) is 24.3 Å². The molecule has 5 nitrogen and oxygen atoms in total. The van der Waals surface area contributed by atoms with E-state index in [9.17, 15) is 4.79 Å². The molecular formula is C23H20NO4+. The zero-order chi connectivity index (χ0) is 19.7. The fourth-order valence-electron chi connectivity index (χ4n) is 3.51. The summed E-state index contributed by atoms with van der Waals surface area (Å²) in [4.78, 5) is 13.3. The number of carbonyl (C=O) groups excluding carboxylic acids is 1. The van der Waals surface area contributed by atoms with Crippen LogP contribution in [0.25, 0.3) is 21.8 Å². The lowest BCUT2D eigenvalue weighted by Crippen LogP contribution is -2.31. The molecule has 0 fully saturated rings. The van der Waals surface area contributed by atoms with Crippen LogP contribution in [0.4, 0.5) is 0 Å². The monoisotopic (exact) mass is 374 g/mol. The second-order valence-corrected chi connectivity index (χ2v) is 6.35. The van der Waals surface area contributed by atoms with Gasteiger partial charge in [-0.15, -0.1) is 0 Å². The van der Waals surface area contributed by atoms with Crippen molar-refractivity contribution in [2.75, 3.05) is 14.2 Å². The molecule has 0 spiro atoms. The summed E-state index contributed by atoms with van der Waals surface area (Å²) in [5.74, 6) is 0.667. The minimum absolute atomic E-state index is 0.263. The van der Waals surface area contributed by atoms with Gasteiger partial charge in [-0.25, -0.2) is 4.79 Å². The lowest BCUT2D eigenvalue weighted by Gasteiger charge is -2.14. The average Bonchev–Trinajstić information content (AvgIpc) is 2.74. The summed E-state index contributed by atoms with van der Waals surface area (Å²) in [6.07, 6.45) is 0. The molecule has 0 bridgehead atoms. The van der Waals surface area contributed by atoms with Crippen molar-refractivity contribution in [3.8, 4) is 17.2 Å². The van der Waals surface area contributed by atoms with E-state index in [0.29, 0.717) is 17.1 Å². The summed E-state index contributed by atoms with van der Waals surface area (Å²) in [7, 11) is 5.04. The summed E-state index contributed by atoms with van der Waals surface area (Å²) >= 11 is 0. The highest BCUT2D eigenvalue weighted by molar-refractivity contribution is 6.13. The molecule has 0 aliphatic rings. The molecule has 4 aromatic rings. The van der Waals surface area contributed by atoms with Crippen LogP contribution in [0, 0.1) is 0 Å². The molecule has 1 heterocycles. The van der Waals surface area contributed by atoms with E-state index in [1.165, 1.54) is 14.2 Å². The first-order valence-corrected chi connectivity index (χ1v) is 8.88. The Morgan fingerprint density at radius 2 is 1.25 bits per heavy atom. The predicted molar refractivity (Wildman–Crippen MR) is 107 cm³/mol. The first-order chi connectivity index (χ1) is 13.7. The number of aryl methyl sites for hydroxylation is 1. The Kier molecular flexibility index (Phi) is 4.57. The van der Waals surface area contributed by atoms with Crippen LogP contribution in [-0.2, 0) is 7.05 Å².